The molecule has 0 radical (unpaired) electrons. The van der Waals surface area contributed by atoms with Crippen LogP contribution in [0.1, 0.15) is 23.2 Å². The third kappa shape index (κ3) is 4.54. The quantitative estimate of drug-likeness (QED) is 0.728. The Labute approximate surface area is 169 Å². The van der Waals surface area contributed by atoms with E-state index in [1.54, 1.807) is 13.1 Å². The van der Waals surface area contributed by atoms with Crippen molar-refractivity contribution in [2.45, 2.75) is 25.9 Å². The zero-order chi connectivity index (χ0) is 20.2. The summed E-state index contributed by atoms with van der Waals surface area (Å²) in [5.74, 6) is 0.556. The van der Waals surface area contributed by atoms with Crippen molar-refractivity contribution < 1.29 is 9.53 Å². The average Bonchev–Trinajstić information content (AvgIpc) is 2.74. The Balaban J connectivity index is 1.35. The summed E-state index contributed by atoms with van der Waals surface area (Å²) in [5, 5.41) is 7.27. The van der Waals surface area contributed by atoms with Gasteiger partial charge in [-0.3, -0.25) is 9.59 Å². The summed E-state index contributed by atoms with van der Waals surface area (Å²) in [6, 6.07) is 18.9. The first-order valence-electron chi connectivity index (χ1n) is 9.72. The number of aryl methyl sites for hydroxylation is 2. The fraction of sp³-hybridized carbons (Fsp3) is 0.261. The van der Waals surface area contributed by atoms with Crippen LogP contribution in [-0.2, 0) is 31.3 Å². The molecule has 1 aromatic heterocycles. The number of benzene rings is 2. The molecule has 0 aliphatic heterocycles. The van der Waals surface area contributed by atoms with E-state index < -0.39 is 0 Å². The average molecular weight is 389 g/mol. The number of ether oxygens (including phenoxy) is 1. The minimum Gasteiger partial charge on any atom is -0.489 e. The van der Waals surface area contributed by atoms with Gasteiger partial charge >= 0.3 is 0 Å². The van der Waals surface area contributed by atoms with Crippen LogP contribution in [0.3, 0.4) is 0 Å². The molecule has 6 nitrogen and oxygen atoms in total. The fourth-order valence-corrected chi connectivity index (χ4v) is 3.53. The van der Waals surface area contributed by atoms with E-state index in [0.717, 1.165) is 34.7 Å². The molecule has 0 saturated carbocycles. The van der Waals surface area contributed by atoms with E-state index in [-0.39, 0.29) is 17.4 Å². The molecule has 1 aliphatic carbocycles. The summed E-state index contributed by atoms with van der Waals surface area (Å²) in [6.45, 7) is 0.502. The van der Waals surface area contributed by atoms with Crippen molar-refractivity contribution in [3.8, 4) is 5.75 Å². The Kier molecular flexibility index (Phi) is 5.42. The van der Waals surface area contributed by atoms with Gasteiger partial charge in [-0.2, -0.15) is 5.10 Å². The molecule has 0 bridgehead atoms. The molecule has 1 atom stereocenters. The van der Waals surface area contributed by atoms with Gasteiger partial charge in [-0.15, -0.1) is 0 Å². The zero-order valence-electron chi connectivity index (χ0n) is 16.3. The predicted molar refractivity (Wildman–Crippen MR) is 111 cm³/mol. The monoisotopic (exact) mass is 389 g/mol. The lowest BCUT2D eigenvalue weighted by atomic mass is 9.86. The van der Waals surface area contributed by atoms with Crippen molar-refractivity contribution in [2.75, 3.05) is 5.32 Å². The summed E-state index contributed by atoms with van der Waals surface area (Å²) in [7, 11) is 1.65. The molecule has 1 aliphatic rings. The SMILES string of the molecule is Cn1nc2c(cc1=O)CC(C(=O)Nc1ccc(OCc3ccccc3)cc1)CC2. The van der Waals surface area contributed by atoms with Crippen LogP contribution >= 0.6 is 0 Å². The largest absolute Gasteiger partial charge is 0.489 e. The van der Waals surface area contributed by atoms with E-state index >= 15 is 0 Å². The molecule has 0 fully saturated rings. The van der Waals surface area contributed by atoms with Crippen LogP contribution < -0.4 is 15.6 Å². The van der Waals surface area contributed by atoms with E-state index in [2.05, 4.69) is 10.4 Å². The second kappa shape index (κ2) is 8.31. The number of carbonyl (C=O) groups excluding carboxylic acids is 1. The molecule has 4 rings (SSSR count). The Morgan fingerprint density at radius 2 is 1.93 bits per heavy atom. The van der Waals surface area contributed by atoms with E-state index in [1.807, 2.05) is 54.6 Å². The second-order valence-electron chi connectivity index (χ2n) is 7.31. The van der Waals surface area contributed by atoms with Gasteiger partial charge in [0.15, 0.2) is 0 Å². The highest BCUT2D eigenvalue weighted by molar-refractivity contribution is 5.92. The molecule has 0 spiro atoms. The summed E-state index contributed by atoms with van der Waals surface area (Å²) in [5.41, 5.74) is 3.48. The third-order valence-electron chi connectivity index (χ3n) is 5.19. The predicted octanol–water partition coefficient (Wildman–Crippen LogP) is 3.10. The van der Waals surface area contributed by atoms with Gasteiger partial charge in [-0.25, -0.2) is 4.68 Å². The van der Waals surface area contributed by atoms with Gasteiger partial charge in [0.05, 0.1) is 5.69 Å². The van der Waals surface area contributed by atoms with Crippen molar-refractivity contribution in [3.05, 3.63) is 87.8 Å². The summed E-state index contributed by atoms with van der Waals surface area (Å²) in [4.78, 5) is 24.5. The molecular weight excluding hydrogens is 366 g/mol. The van der Waals surface area contributed by atoms with Gasteiger partial charge in [-0.05, 0) is 54.7 Å². The van der Waals surface area contributed by atoms with Crippen molar-refractivity contribution in [2.24, 2.45) is 13.0 Å². The second-order valence-corrected chi connectivity index (χ2v) is 7.31. The molecule has 1 amide bonds. The van der Waals surface area contributed by atoms with Crippen LogP contribution in [0.15, 0.2) is 65.5 Å². The highest BCUT2D eigenvalue weighted by atomic mass is 16.5. The number of carbonyl (C=O) groups is 1. The van der Waals surface area contributed by atoms with Gasteiger partial charge < -0.3 is 10.1 Å². The van der Waals surface area contributed by atoms with Crippen molar-refractivity contribution in [3.63, 3.8) is 0 Å². The first kappa shape index (κ1) is 18.9. The highest BCUT2D eigenvalue weighted by Crippen LogP contribution is 2.25. The van der Waals surface area contributed by atoms with Gasteiger partial charge in [-0.1, -0.05) is 30.3 Å². The number of fused-ring (bicyclic) bond motifs is 1. The van der Waals surface area contributed by atoms with Gasteiger partial charge in [0.1, 0.15) is 12.4 Å². The van der Waals surface area contributed by atoms with Crippen LogP contribution in [0.2, 0.25) is 0 Å². The third-order valence-corrected chi connectivity index (χ3v) is 5.19. The van der Waals surface area contributed by atoms with Crippen molar-refractivity contribution in [1.82, 2.24) is 9.78 Å². The fourth-order valence-electron chi connectivity index (χ4n) is 3.53. The zero-order valence-corrected chi connectivity index (χ0v) is 16.3. The lowest BCUT2D eigenvalue weighted by molar-refractivity contribution is -0.120. The molecule has 1 N–H and O–H groups in total. The molecule has 0 saturated heterocycles. The van der Waals surface area contributed by atoms with Crippen molar-refractivity contribution in [1.29, 1.82) is 0 Å². The lowest BCUT2D eigenvalue weighted by Crippen LogP contribution is -2.31. The molecule has 1 heterocycles. The Morgan fingerprint density at radius 3 is 2.69 bits per heavy atom. The molecule has 148 valence electrons. The van der Waals surface area contributed by atoms with E-state index in [4.69, 9.17) is 4.74 Å². The maximum absolute atomic E-state index is 12.7. The Hall–Kier alpha value is -3.41. The lowest BCUT2D eigenvalue weighted by Gasteiger charge is -2.23. The number of hydrogen-bond acceptors (Lipinski definition) is 4. The number of anilines is 1. The molecule has 2 aromatic carbocycles. The summed E-state index contributed by atoms with van der Waals surface area (Å²) in [6.07, 6.45) is 1.97. The van der Waals surface area contributed by atoms with Crippen LogP contribution in [0.5, 0.6) is 5.75 Å². The first-order valence-corrected chi connectivity index (χ1v) is 9.72. The summed E-state index contributed by atoms with van der Waals surface area (Å²) >= 11 is 0. The van der Waals surface area contributed by atoms with Crippen LogP contribution in [0.25, 0.3) is 0 Å². The van der Waals surface area contributed by atoms with Crippen LogP contribution in [0, 0.1) is 5.92 Å². The first-order chi connectivity index (χ1) is 14.1. The minimum absolute atomic E-state index is 0.0331. The van der Waals surface area contributed by atoms with E-state index in [1.165, 1.54) is 4.68 Å². The highest BCUT2D eigenvalue weighted by Gasteiger charge is 2.26. The van der Waals surface area contributed by atoms with Crippen LogP contribution in [0.4, 0.5) is 5.69 Å². The molecule has 6 heteroatoms. The Bertz CT molecular complexity index is 1060. The number of rotatable bonds is 5. The van der Waals surface area contributed by atoms with E-state index in [9.17, 15) is 9.59 Å². The topological polar surface area (TPSA) is 73.2 Å². The summed E-state index contributed by atoms with van der Waals surface area (Å²) < 4.78 is 7.12. The Morgan fingerprint density at radius 1 is 1.17 bits per heavy atom. The number of nitrogens with zero attached hydrogens (tertiary/aromatic N) is 2. The molecule has 3 aromatic rings. The maximum atomic E-state index is 12.7. The maximum Gasteiger partial charge on any atom is 0.266 e. The molecule has 29 heavy (non-hydrogen) atoms. The van der Waals surface area contributed by atoms with Crippen LogP contribution in [-0.4, -0.2) is 15.7 Å². The van der Waals surface area contributed by atoms with E-state index in [0.29, 0.717) is 19.4 Å². The van der Waals surface area contributed by atoms with Crippen molar-refractivity contribution >= 4 is 11.6 Å². The molecular formula is C23H23N3O3. The minimum atomic E-state index is -0.162. The van der Waals surface area contributed by atoms with Gasteiger partial charge in [0, 0.05) is 24.7 Å². The van der Waals surface area contributed by atoms with Gasteiger partial charge in [0.25, 0.3) is 5.56 Å². The standard InChI is InChI=1S/C23H23N3O3/c1-26-22(27)14-18-13-17(7-12-21(18)25-26)23(28)24-19-8-10-20(11-9-19)29-15-16-5-3-2-4-6-16/h2-6,8-11,14,17H,7,12-13,15H2,1H3,(H,24,28). The normalized spacial score (nSPS) is 15.4. The molecule has 1 unspecified atom stereocenters. The number of aromatic nitrogens is 2. The number of hydrogen-bond donors (Lipinski definition) is 1. The van der Waals surface area contributed by atoms with Gasteiger partial charge in [0.2, 0.25) is 5.91 Å². The number of nitrogens with one attached hydrogen (secondary N) is 1. The number of amides is 1. The smallest absolute Gasteiger partial charge is 0.266 e.